The van der Waals surface area contributed by atoms with Crippen LogP contribution in [0.3, 0.4) is 0 Å². The molecule has 4 aromatic heterocycles. The van der Waals surface area contributed by atoms with Crippen molar-refractivity contribution in [1.82, 2.24) is 14.7 Å². The Morgan fingerprint density at radius 1 is 1.25 bits per heavy atom. The number of nitrogens with one attached hydrogen (secondary N) is 1. The van der Waals surface area contributed by atoms with E-state index in [-0.39, 0.29) is 23.7 Å². The number of thiophene rings is 1. The van der Waals surface area contributed by atoms with E-state index in [1.807, 2.05) is 17.5 Å². The third-order valence-electron chi connectivity index (χ3n) is 4.14. The fraction of sp³-hybridized carbons (Fsp3) is 0.158. The van der Waals surface area contributed by atoms with Crippen LogP contribution in [0.1, 0.15) is 16.1 Å². The minimum absolute atomic E-state index is 0.106. The highest BCUT2D eigenvalue weighted by Gasteiger charge is 2.35. The molecular weight excluding hydrogens is 391 g/mol. The minimum atomic E-state index is -4.58. The summed E-state index contributed by atoms with van der Waals surface area (Å²) in [5.41, 5.74) is 0.0341. The number of hydrogen-bond donors (Lipinski definition) is 1. The molecule has 9 heteroatoms. The first kappa shape index (κ1) is 18.3. The number of fused-ring (bicyclic) bond motifs is 1. The summed E-state index contributed by atoms with van der Waals surface area (Å²) in [5.74, 6) is -0.305. The van der Waals surface area contributed by atoms with E-state index in [9.17, 15) is 18.0 Å². The van der Waals surface area contributed by atoms with Crippen LogP contribution in [0.5, 0.6) is 0 Å². The number of carbonyl (C=O) groups is 1. The van der Waals surface area contributed by atoms with Crippen molar-refractivity contribution in [2.24, 2.45) is 0 Å². The van der Waals surface area contributed by atoms with Gasteiger partial charge in [-0.25, -0.2) is 4.98 Å². The second-order valence-electron chi connectivity index (χ2n) is 6.15. The Morgan fingerprint density at radius 3 is 2.79 bits per heavy atom. The molecule has 0 radical (unpaired) electrons. The van der Waals surface area contributed by atoms with Gasteiger partial charge in [-0.3, -0.25) is 4.79 Å². The van der Waals surface area contributed by atoms with Crippen LogP contribution in [0.25, 0.3) is 16.8 Å². The van der Waals surface area contributed by atoms with Crippen LogP contribution in [0.4, 0.5) is 13.2 Å². The van der Waals surface area contributed by atoms with E-state index in [4.69, 9.17) is 4.42 Å². The highest BCUT2D eigenvalue weighted by molar-refractivity contribution is 7.09. The Kier molecular flexibility index (Phi) is 4.68. The standard InChI is InChI=1S/C19H14F3N3O2S/c20-19(21,22)16-6-13(12-3-4-27-11-12)9-25-10-14(24-18(16)25)7-17(26)23-8-15-2-1-5-28-15/h1-6,9-11H,7-8H2,(H,23,26). The van der Waals surface area contributed by atoms with Crippen molar-refractivity contribution < 1.29 is 22.4 Å². The fourth-order valence-electron chi connectivity index (χ4n) is 2.86. The number of hydrogen-bond acceptors (Lipinski definition) is 4. The van der Waals surface area contributed by atoms with E-state index in [1.54, 1.807) is 6.07 Å². The lowest BCUT2D eigenvalue weighted by molar-refractivity contribution is -0.136. The molecule has 0 unspecified atom stereocenters. The number of nitrogens with zero attached hydrogens (tertiary/aromatic N) is 2. The van der Waals surface area contributed by atoms with Crippen molar-refractivity contribution in [2.75, 3.05) is 0 Å². The number of furan rings is 1. The van der Waals surface area contributed by atoms with Gasteiger partial charge in [0.1, 0.15) is 5.65 Å². The van der Waals surface area contributed by atoms with Gasteiger partial charge in [0.15, 0.2) is 0 Å². The van der Waals surface area contributed by atoms with Crippen molar-refractivity contribution in [1.29, 1.82) is 0 Å². The Labute approximate surface area is 161 Å². The highest BCUT2D eigenvalue weighted by Crippen LogP contribution is 2.35. The first-order valence-corrected chi connectivity index (χ1v) is 9.18. The van der Waals surface area contributed by atoms with Gasteiger partial charge in [-0.15, -0.1) is 11.3 Å². The van der Waals surface area contributed by atoms with Gasteiger partial charge in [0.2, 0.25) is 5.91 Å². The smallest absolute Gasteiger partial charge is 0.420 e. The maximum absolute atomic E-state index is 13.5. The van der Waals surface area contributed by atoms with Crippen molar-refractivity contribution in [3.8, 4) is 11.1 Å². The Hall–Kier alpha value is -3.07. The molecule has 0 aliphatic rings. The van der Waals surface area contributed by atoms with Gasteiger partial charge >= 0.3 is 6.18 Å². The molecular formula is C19H14F3N3O2S. The summed E-state index contributed by atoms with van der Waals surface area (Å²) in [7, 11) is 0. The highest BCUT2D eigenvalue weighted by atomic mass is 32.1. The number of rotatable bonds is 5. The van der Waals surface area contributed by atoms with Crippen LogP contribution in [0.2, 0.25) is 0 Å². The topological polar surface area (TPSA) is 59.5 Å². The molecule has 4 aromatic rings. The molecule has 28 heavy (non-hydrogen) atoms. The normalized spacial score (nSPS) is 11.8. The van der Waals surface area contributed by atoms with Gasteiger partial charge in [0, 0.05) is 28.4 Å². The summed E-state index contributed by atoms with van der Waals surface area (Å²) in [5, 5.41) is 4.65. The number of aromatic nitrogens is 2. The largest absolute Gasteiger partial charge is 0.472 e. The number of pyridine rings is 1. The zero-order valence-electron chi connectivity index (χ0n) is 14.4. The maximum atomic E-state index is 13.5. The third kappa shape index (κ3) is 3.79. The summed E-state index contributed by atoms with van der Waals surface area (Å²) < 4.78 is 46.9. The molecule has 1 amide bonds. The molecule has 4 rings (SSSR count). The molecule has 144 valence electrons. The molecule has 4 heterocycles. The number of alkyl halides is 3. The van der Waals surface area contributed by atoms with Gasteiger partial charge in [-0.1, -0.05) is 6.07 Å². The Balaban J connectivity index is 1.63. The summed E-state index contributed by atoms with van der Waals surface area (Å²) in [6.45, 7) is 0.377. The van der Waals surface area contributed by atoms with Gasteiger partial charge in [0.05, 0.1) is 36.7 Å². The summed E-state index contributed by atoms with van der Waals surface area (Å²) in [6.07, 6.45) is 1.06. The maximum Gasteiger partial charge on any atom is 0.420 e. The molecule has 1 N–H and O–H groups in total. The fourth-order valence-corrected chi connectivity index (χ4v) is 3.50. The molecule has 5 nitrogen and oxygen atoms in total. The SMILES string of the molecule is O=C(Cc1cn2cc(-c3ccoc3)cc(C(F)(F)F)c2n1)NCc1cccs1. The van der Waals surface area contributed by atoms with Crippen molar-refractivity contribution in [3.63, 3.8) is 0 Å². The van der Waals surface area contributed by atoms with Crippen LogP contribution in [0, 0.1) is 0 Å². The van der Waals surface area contributed by atoms with Crippen LogP contribution < -0.4 is 5.32 Å². The van der Waals surface area contributed by atoms with E-state index < -0.39 is 11.7 Å². The van der Waals surface area contributed by atoms with Crippen molar-refractivity contribution in [2.45, 2.75) is 19.1 Å². The average Bonchev–Trinajstić information content (AvgIpc) is 3.38. The van der Waals surface area contributed by atoms with Gasteiger partial charge < -0.3 is 14.1 Å². The molecule has 0 atom stereocenters. The molecule has 0 bridgehead atoms. The molecule has 0 saturated carbocycles. The number of imidazole rings is 1. The monoisotopic (exact) mass is 405 g/mol. The number of carbonyl (C=O) groups excluding carboxylic acids is 1. The lowest BCUT2D eigenvalue weighted by atomic mass is 10.1. The average molecular weight is 405 g/mol. The van der Waals surface area contributed by atoms with Crippen LogP contribution in [-0.2, 0) is 23.9 Å². The molecule has 0 spiro atoms. The zero-order chi connectivity index (χ0) is 19.7. The summed E-state index contributed by atoms with van der Waals surface area (Å²) in [4.78, 5) is 17.2. The summed E-state index contributed by atoms with van der Waals surface area (Å²) >= 11 is 1.51. The molecule has 0 aliphatic heterocycles. The minimum Gasteiger partial charge on any atom is -0.472 e. The van der Waals surface area contributed by atoms with Gasteiger partial charge in [-0.2, -0.15) is 13.2 Å². The van der Waals surface area contributed by atoms with Crippen molar-refractivity contribution >= 4 is 22.9 Å². The lowest BCUT2D eigenvalue weighted by Crippen LogP contribution is -2.24. The van der Waals surface area contributed by atoms with E-state index >= 15 is 0 Å². The first-order valence-electron chi connectivity index (χ1n) is 8.30. The number of halogens is 3. The van der Waals surface area contributed by atoms with E-state index in [0.717, 1.165) is 10.9 Å². The number of amides is 1. The lowest BCUT2D eigenvalue weighted by Gasteiger charge is -2.10. The predicted molar refractivity (Wildman–Crippen MR) is 97.8 cm³/mol. The predicted octanol–water partition coefficient (Wildman–Crippen LogP) is 4.53. The second-order valence-corrected chi connectivity index (χ2v) is 7.18. The molecule has 0 saturated heterocycles. The van der Waals surface area contributed by atoms with Crippen LogP contribution in [0.15, 0.2) is 59.0 Å². The summed E-state index contributed by atoms with van der Waals surface area (Å²) in [6, 6.07) is 6.39. The van der Waals surface area contributed by atoms with Gasteiger partial charge in [-0.05, 0) is 23.6 Å². The van der Waals surface area contributed by atoms with Gasteiger partial charge in [0.25, 0.3) is 0 Å². The first-order chi connectivity index (χ1) is 13.4. The quantitative estimate of drug-likeness (QED) is 0.531. The van der Waals surface area contributed by atoms with Crippen LogP contribution in [-0.4, -0.2) is 15.3 Å². The molecule has 0 aliphatic carbocycles. The van der Waals surface area contributed by atoms with E-state index in [1.165, 1.54) is 40.7 Å². The van der Waals surface area contributed by atoms with Crippen molar-refractivity contribution in [3.05, 3.63) is 70.7 Å². The second kappa shape index (κ2) is 7.16. The Bertz CT molecular complexity index is 1100. The zero-order valence-corrected chi connectivity index (χ0v) is 15.2. The molecule has 0 fully saturated rings. The van der Waals surface area contributed by atoms with E-state index in [2.05, 4.69) is 10.3 Å². The van der Waals surface area contributed by atoms with E-state index in [0.29, 0.717) is 17.7 Å². The third-order valence-corrected chi connectivity index (χ3v) is 5.02. The van der Waals surface area contributed by atoms with Crippen LogP contribution >= 0.6 is 11.3 Å². The molecule has 0 aromatic carbocycles. The Morgan fingerprint density at radius 2 is 2.11 bits per heavy atom.